The van der Waals surface area contributed by atoms with Crippen LogP contribution in [0.5, 0.6) is 0 Å². The molecule has 2 aliphatic heterocycles. The zero-order chi connectivity index (χ0) is 16.4. The third-order valence-electron chi connectivity index (χ3n) is 3.65. The summed E-state index contributed by atoms with van der Waals surface area (Å²) in [5.74, 6) is 0. The van der Waals surface area contributed by atoms with E-state index in [1.165, 1.54) is 6.07 Å². The van der Waals surface area contributed by atoms with Gasteiger partial charge < -0.3 is 19.5 Å². The van der Waals surface area contributed by atoms with E-state index in [0.29, 0.717) is 6.54 Å². The molecule has 0 spiro atoms. The van der Waals surface area contributed by atoms with Gasteiger partial charge in [0.2, 0.25) is 10.0 Å². The number of sulfonamides is 1. The average Bonchev–Trinajstić information content (AvgIpc) is 3.19. The number of amides is 1. The number of ether oxygens (including phenoxy) is 3. The van der Waals surface area contributed by atoms with Gasteiger partial charge in [0.05, 0.1) is 19.3 Å². The molecule has 23 heavy (non-hydrogen) atoms. The van der Waals surface area contributed by atoms with Crippen molar-refractivity contribution in [2.75, 3.05) is 19.8 Å². The Morgan fingerprint density at radius 2 is 2.17 bits per heavy atom. The van der Waals surface area contributed by atoms with Crippen LogP contribution in [0.2, 0.25) is 0 Å². The van der Waals surface area contributed by atoms with Crippen molar-refractivity contribution in [3.05, 3.63) is 17.5 Å². The molecule has 8 nitrogen and oxygen atoms in total. The lowest BCUT2D eigenvalue weighted by Crippen LogP contribution is -2.44. The first-order valence-electron chi connectivity index (χ1n) is 7.25. The molecule has 1 amide bonds. The van der Waals surface area contributed by atoms with E-state index in [4.69, 9.17) is 14.2 Å². The van der Waals surface area contributed by atoms with Gasteiger partial charge in [-0.1, -0.05) is 6.07 Å². The molecule has 10 heteroatoms. The maximum atomic E-state index is 12.3. The molecule has 3 heterocycles. The molecule has 4 atom stereocenters. The Hall–Kier alpha value is -1.20. The minimum atomic E-state index is -3.60. The fraction of sp³-hybridized carbons (Fsp3) is 0.615. The lowest BCUT2D eigenvalue weighted by molar-refractivity contribution is 0.00428. The van der Waals surface area contributed by atoms with Crippen molar-refractivity contribution in [1.82, 2.24) is 10.0 Å². The van der Waals surface area contributed by atoms with Crippen molar-refractivity contribution in [3.63, 3.8) is 0 Å². The summed E-state index contributed by atoms with van der Waals surface area (Å²) in [6, 6.07) is 2.71. The monoisotopic (exact) mass is 362 g/mol. The van der Waals surface area contributed by atoms with Crippen LogP contribution in [0.3, 0.4) is 0 Å². The van der Waals surface area contributed by atoms with E-state index in [-0.39, 0.29) is 17.4 Å². The Labute approximate surface area is 138 Å². The summed E-state index contributed by atoms with van der Waals surface area (Å²) in [5.41, 5.74) is 0. The molecule has 0 bridgehead atoms. The summed E-state index contributed by atoms with van der Waals surface area (Å²) >= 11 is 1.14. The molecule has 128 valence electrons. The molecule has 2 N–H and O–H groups in total. The minimum absolute atomic E-state index is 0.176. The second kappa shape index (κ2) is 6.73. The predicted molar refractivity (Wildman–Crippen MR) is 81.9 cm³/mol. The highest BCUT2D eigenvalue weighted by Gasteiger charge is 2.50. The number of carbonyl (C=O) groups excluding carboxylic acids is 1. The number of rotatable bonds is 5. The minimum Gasteiger partial charge on any atom is -0.441 e. The van der Waals surface area contributed by atoms with Gasteiger partial charge in [-0.2, -0.15) is 0 Å². The first kappa shape index (κ1) is 16.7. The zero-order valence-corrected chi connectivity index (χ0v) is 14.1. The predicted octanol–water partition coefficient (Wildman–Crippen LogP) is 0.307. The summed E-state index contributed by atoms with van der Waals surface area (Å²) in [7, 11) is -3.60. The molecule has 0 saturated carbocycles. The third-order valence-corrected chi connectivity index (χ3v) is 6.54. The molecule has 0 aromatic carbocycles. The molecule has 0 radical (unpaired) electrons. The highest BCUT2D eigenvalue weighted by Crippen LogP contribution is 2.30. The van der Waals surface area contributed by atoms with E-state index in [2.05, 4.69) is 10.0 Å². The summed E-state index contributed by atoms with van der Waals surface area (Å²) < 4.78 is 43.8. The van der Waals surface area contributed by atoms with Gasteiger partial charge in [-0.15, -0.1) is 11.3 Å². The fourth-order valence-corrected chi connectivity index (χ4v) is 4.90. The van der Waals surface area contributed by atoms with Crippen molar-refractivity contribution in [2.24, 2.45) is 0 Å². The quantitative estimate of drug-likeness (QED) is 0.781. The standard InChI is InChI=1S/C13H18N2O6S2/c1-2-14-13(16)21-9-7-20-11-8(6-19-12(9)11)15-23(17,18)10-4-3-5-22-10/h3-5,8-9,11-12,15H,2,6-7H2,1H3,(H,14,16)/t8-,9+,11+,12+/m0/s1. The smallest absolute Gasteiger partial charge is 0.407 e. The fourth-order valence-electron chi connectivity index (χ4n) is 2.66. The molecular formula is C13H18N2O6S2. The number of fused-ring (bicyclic) bond motifs is 1. The number of alkyl carbamates (subject to hydrolysis) is 1. The summed E-state index contributed by atoms with van der Waals surface area (Å²) in [5, 5.41) is 4.24. The van der Waals surface area contributed by atoms with E-state index in [9.17, 15) is 13.2 Å². The number of hydrogen-bond donors (Lipinski definition) is 2. The van der Waals surface area contributed by atoms with Gasteiger partial charge in [0, 0.05) is 6.54 Å². The Balaban J connectivity index is 1.62. The summed E-state index contributed by atoms with van der Waals surface area (Å²) in [6.45, 7) is 2.61. The summed E-state index contributed by atoms with van der Waals surface area (Å²) in [4.78, 5) is 11.5. The Bertz CT molecular complexity index is 647. The number of thiophene rings is 1. The van der Waals surface area contributed by atoms with Crippen molar-refractivity contribution in [3.8, 4) is 0 Å². The van der Waals surface area contributed by atoms with Crippen LogP contribution in [0.25, 0.3) is 0 Å². The van der Waals surface area contributed by atoms with Crippen molar-refractivity contribution in [1.29, 1.82) is 0 Å². The maximum absolute atomic E-state index is 12.3. The van der Waals surface area contributed by atoms with Crippen LogP contribution in [0.1, 0.15) is 6.92 Å². The van der Waals surface area contributed by atoms with Gasteiger partial charge in [-0.25, -0.2) is 17.9 Å². The molecule has 0 unspecified atom stereocenters. The van der Waals surface area contributed by atoms with Crippen LogP contribution in [0, 0.1) is 0 Å². The lowest BCUT2D eigenvalue weighted by atomic mass is 10.1. The summed E-state index contributed by atoms with van der Waals surface area (Å²) in [6.07, 6.45) is -2.01. The van der Waals surface area contributed by atoms with Crippen LogP contribution in [0.4, 0.5) is 4.79 Å². The first-order valence-corrected chi connectivity index (χ1v) is 9.61. The molecule has 2 fully saturated rings. The van der Waals surface area contributed by atoms with E-state index in [0.717, 1.165) is 11.3 Å². The molecule has 2 saturated heterocycles. The molecule has 0 aliphatic carbocycles. The highest BCUT2D eigenvalue weighted by atomic mass is 32.2. The van der Waals surface area contributed by atoms with Crippen molar-refractivity contribution >= 4 is 27.5 Å². The Morgan fingerprint density at radius 1 is 1.39 bits per heavy atom. The molecular weight excluding hydrogens is 344 g/mol. The average molecular weight is 362 g/mol. The van der Waals surface area contributed by atoms with Crippen LogP contribution in [-0.2, 0) is 24.2 Å². The van der Waals surface area contributed by atoms with Crippen LogP contribution < -0.4 is 10.0 Å². The Morgan fingerprint density at radius 3 is 2.87 bits per heavy atom. The van der Waals surface area contributed by atoms with Crippen LogP contribution >= 0.6 is 11.3 Å². The van der Waals surface area contributed by atoms with Gasteiger partial charge in [0.25, 0.3) is 0 Å². The number of nitrogens with one attached hydrogen (secondary N) is 2. The number of hydrogen-bond acceptors (Lipinski definition) is 7. The SMILES string of the molecule is CCNC(=O)O[C@@H]1CO[C@H]2[C@@H]1OC[C@@H]2NS(=O)(=O)c1cccs1. The highest BCUT2D eigenvalue weighted by molar-refractivity contribution is 7.91. The Kier molecular flexibility index (Phi) is 4.87. The van der Waals surface area contributed by atoms with E-state index in [1.807, 2.05) is 0 Å². The van der Waals surface area contributed by atoms with E-state index < -0.39 is 40.5 Å². The first-order chi connectivity index (χ1) is 11.0. The normalized spacial score (nSPS) is 30.1. The van der Waals surface area contributed by atoms with E-state index >= 15 is 0 Å². The second-order valence-corrected chi connectivity index (χ2v) is 8.12. The number of carbonyl (C=O) groups is 1. The maximum Gasteiger partial charge on any atom is 0.407 e. The van der Waals surface area contributed by atoms with Gasteiger partial charge in [0.1, 0.15) is 16.4 Å². The van der Waals surface area contributed by atoms with Gasteiger partial charge in [0.15, 0.2) is 6.10 Å². The topological polar surface area (TPSA) is 103 Å². The van der Waals surface area contributed by atoms with Gasteiger partial charge in [-0.05, 0) is 18.4 Å². The largest absolute Gasteiger partial charge is 0.441 e. The van der Waals surface area contributed by atoms with Gasteiger partial charge >= 0.3 is 6.09 Å². The van der Waals surface area contributed by atoms with Gasteiger partial charge in [-0.3, -0.25) is 0 Å². The van der Waals surface area contributed by atoms with Crippen molar-refractivity contribution in [2.45, 2.75) is 35.5 Å². The van der Waals surface area contributed by atoms with Crippen LogP contribution in [-0.4, -0.2) is 58.6 Å². The van der Waals surface area contributed by atoms with Crippen molar-refractivity contribution < 1.29 is 27.4 Å². The molecule has 3 rings (SSSR count). The lowest BCUT2D eigenvalue weighted by Gasteiger charge is -2.17. The second-order valence-electron chi connectivity index (χ2n) is 5.23. The molecule has 2 aliphatic rings. The molecule has 1 aromatic rings. The third kappa shape index (κ3) is 3.50. The van der Waals surface area contributed by atoms with E-state index in [1.54, 1.807) is 18.4 Å². The zero-order valence-electron chi connectivity index (χ0n) is 12.4. The molecule has 1 aromatic heterocycles. The van der Waals surface area contributed by atoms with Crippen LogP contribution in [0.15, 0.2) is 21.7 Å².